The number of carboxylic acids is 1. The van der Waals surface area contributed by atoms with Gasteiger partial charge in [0, 0.05) is 19.3 Å². The zero-order valence-electron chi connectivity index (χ0n) is 10.9. The van der Waals surface area contributed by atoms with Gasteiger partial charge in [0.05, 0.1) is 17.8 Å². The fourth-order valence-electron chi connectivity index (χ4n) is 2.00. The summed E-state index contributed by atoms with van der Waals surface area (Å²) < 4.78 is 5.54. The molecule has 1 aliphatic heterocycles. The summed E-state index contributed by atoms with van der Waals surface area (Å²) in [5.41, 5.74) is -0.0453. The Hall–Kier alpha value is -1.95. The summed E-state index contributed by atoms with van der Waals surface area (Å²) in [5, 5.41) is 8.78. The topological polar surface area (TPSA) is 79.7 Å². The van der Waals surface area contributed by atoms with Crippen molar-refractivity contribution < 1.29 is 19.4 Å². The lowest BCUT2D eigenvalue weighted by Crippen LogP contribution is -2.50. The highest BCUT2D eigenvalue weighted by Crippen LogP contribution is 2.18. The summed E-state index contributed by atoms with van der Waals surface area (Å²) in [5.74, 6) is -1.26. The molecule has 0 saturated carbocycles. The van der Waals surface area contributed by atoms with Gasteiger partial charge < -0.3 is 14.7 Å². The van der Waals surface area contributed by atoms with Gasteiger partial charge in [-0.15, -0.1) is 0 Å². The summed E-state index contributed by atoms with van der Waals surface area (Å²) in [6, 6.07) is 2.82. The number of amides is 1. The number of carbonyl (C=O) groups excluding carboxylic acids is 1. The molecule has 0 bridgehead atoms. The van der Waals surface area contributed by atoms with E-state index in [0.717, 1.165) is 0 Å². The van der Waals surface area contributed by atoms with Crippen LogP contribution in [0.5, 0.6) is 0 Å². The maximum Gasteiger partial charge on any atom is 0.337 e. The van der Waals surface area contributed by atoms with E-state index < -0.39 is 5.97 Å². The zero-order valence-corrected chi connectivity index (χ0v) is 10.9. The number of aromatic carboxylic acids is 1. The minimum atomic E-state index is -1.06. The number of pyridine rings is 1. The van der Waals surface area contributed by atoms with Crippen molar-refractivity contribution in [3.63, 3.8) is 0 Å². The molecule has 1 aromatic heterocycles. The lowest BCUT2D eigenvalue weighted by atomic mass is 10.1. The lowest BCUT2D eigenvalue weighted by Gasteiger charge is -2.37. The summed E-state index contributed by atoms with van der Waals surface area (Å²) in [6.07, 6.45) is 1.20. The fourth-order valence-corrected chi connectivity index (χ4v) is 2.00. The Morgan fingerprint density at radius 2 is 2.16 bits per heavy atom. The van der Waals surface area contributed by atoms with E-state index in [2.05, 4.69) is 4.98 Å². The minimum absolute atomic E-state index is 0.0684. The minimum Gasteiger partial charge on any atom is -0.478 e. The van der Waals surface area contributed by atoms with Crippen molar-refractivity contribution in [3.05, 3.63) is 29.6 Å². The van der Waals surface area contributed by atoms with E-state index in [0.29, 0.717) is 19.7 Å². The van der Waals surface area contributed by atoms with Crippen molar-refractivity contribution in [1.82, 2.24) is 9.88 Å². The average molecular weight is 264 g/mol. The SMILES string of the molecule is CC1(C)CN(C(=O)c2ccc(C(=O)O)cn2)CCO1. The standard InChI is InChI=1S/C13H16N2O4/c1-13(2)8-15(5-6-19-13)11(16)10-4-3-9(7-14-10)12(17)18/h3-4,7H,5-6,8H2,1-2H3,(H,17,18). The molecular formula is C13H16N2O4. The Balaban J connectivity index is 2.13. The van der Waals surface area contributed by atoms with Gasteiger partial charge >= 0.3 is 5.97 Å². The highest BCUT2D eigenvalue weighted by Gasteiger charge is 2.30. The third kappa shape index (κ3) is 3.08. The molecule has 0 spiro atoms. The molecule has 6 heteroatoms. The molecule has 2 rings (SSSR count). The van der Waals surface area contributed by atoms with Gasteiger partial charge in [-0.1, -0.05) is 0 Å². The summed E-state index contributed by atoms with van der Waals surface area (Å²) in [6.45, 7) is 5.35. The van der Waals surface area contributed by atoms with Crippen LogP contribution in [0.4, 0.5) is 0 Å². The van der Waals surface area contributed by atoms with Crippen LogP contribution in [0, 0.1) is 0 Å². The summed E-state index contributed by atoms with van der Waals surface area (Å²) in [4.78, 5) is 28.5. The number of hydrogen-bond acceptors (Lipinski definition) is 4. The number of nitrogens with zero attached hydrogens (tertiary/aromatic N) is 2. The average Bonchev–Trinajstić information content (AvgIpc) is 2.37. The van der Waals surface area contributed by atoms with E-state index in [4.69, 9.17) is 9.84 Å². The Bertz CT molecular complexity index is 496. The Labute approximate surface area is 111 Å². The molecule has 1 amide bonds. The van der Waals surface area contributed by atoms with Gasteiger partial charge in [0.25, 0.3) is 5.91 Å². The van der Waals surface area contributed by atoms with Crippen LogP contribution in [-0.4, -0.2) is 52.2 Å². The lowest BCUT2D eigenvalue weighted by molar-refractivity contribution is -0.0765. The molecule has 0 radical (unpaired) electrons. The van der Waals surface area contributed by atoms with Crippen LogP contribution in [0.3, 0.4) is 0 Å². The second-order valence-corrected chi connectivity index (χ2v) is 5.07. The van der Waals surface area contributed by atoms with Crippen molar-refractivity contribution in [1.29, 1.82) is 0 Å². The summed E-state index contributed by atoms with van der Waals surface area (Å²) >= 11 is 0. The third-order valence-electron chi connectivity index (χ3n) is 2.94. The number of rotatable bonds is 2. The van der Waals surface area contributed by atoms with E-state index >= 15 is 0 Å². The first-order valence-electron chi connectivity index (χ1n) is 6.02. The quantitative estimate of drug-likeness (QED) is 0.863. The van der Waals surface area contributed by atoms with Gasteiger partial charge in [0.1, 0.15) is 5.69 Å². The van der Waals surface area contributed by atoms with Crippen molar-refractivity contribution in [3.8, 4) is 0 Å². The molecule has 0 aromatic carbocycles. The van der Waals surface area contributed by atoms with Gasteiger partial charge in [-0.05, 0) is 26.0 Å². The van der Waals surface area contributed by atoms with Crippen LogP contribution in [-0.2, 0) is 4.74 Å². The van der Waals surface area contributed by atoms with Gasteiger partial charge in [-0.2, -0.15) is 0 Å². The van der Waals surface area contributed by atoms with Gasteiger partial charge in [-0.3, -0.25) is 9.78 Å². The second-order valence-electron chi connectivity index (χ2n) is 5.07. The maximum absolute atomic E-state index is 12.2. The van der Waals surface area contributed by atoms with Gasteiger partial charge in [0.15, 0.2) is 0 Å². The van der Waals surface area contributed by atoms with Crippen LogP contribution in [0.2, 0.25) is 0 Å². The highest BCUT2D eigenvalue weighted by atomic mass is 16.5. The van der Waals surface area contributed by atoms with Gasteiger partial charge in [-0.25, -0.2) is 4.79 Å². The predicted molar refractivity (Wildman–Crippen MR) is 67.1 cm³/mol. The highest BCUT2D eigenvalue weighted by molar-refractivity contribution is 5.93. The number of morpholine rings is 1. The molecule has 1 aromatic rings. The smallest absolute Gasteiger partial charge is 0.337 e. The molecule has 1 saturated heterocycles. The van der Waals surface area contributed by atoms with Gasteiger partial charge in [0.2, 0.25) is 0 Å². The van der Waals surface area contributed by atoms with E-state index in [1.807, 2.05) is 13.8 Å². The molecule has 2 heterocycles. The molecule has 1 N–H and O–H groups in total. The molecular weight excluding hydrogens is 248 g/mol. The monoisotopic (exact) mass is 264 g/mol. The Morgan fingerprint density at radius 3 is 2.68 bits per heavy atom. The molecule has 1 fully saturated rings. The second kappa shape index (κ2) is 4.97. The van der Waals surface area contributed by atoms with E-state index in [-0.39, 0.29) is 22.8 Å². The molecule has 0 aliphatic carbocycles. The number of ether oxygens (including phenoxy) is 1. The van der Waals surface area contributed by atoms with Crippen LogP contribution in [0.1, 0.15) is 34.7 Å². The first-order valence-corrected chi connectivity index (χ1v) is 6.02. The number of hydrogen-bond donors (Lipinski definition) is 1. The predicted octanol–water partition coefficient (Wildman–Crippen LogP) is 1.03. The maximum atomic E-state index is 12.2. The normalized spacial score (nSPS) is 18.1. The Kier molecular flexibility index (Phi) is 3.53. The van der Waals surface area contributed by atoms with Crippen LogP contribution in [0.15, 0.2) is 18.3 Å². The number of carboxylic acid groups (broad SMARTS) is 1. The van der Waals surface area contributed by atoms with Crippen molar-refractivity contribution in [2.75, 3.05) is 19.7 Å². The van der Waals surface area contributed by atoms with Crippen molar-refractivity contribution in [2.45, 2.75) is 19.4 Å². The van der Waals surface area contributed by atoms with E-state index in [9.17, 15) is 9.59 Å². The number of aromatic nitrogens is 1. The molecule has 1 aliphatic rings. The van der Waals surface area contributed by atoms with Crippen molar-refractivity contribution >= 4 is 11.9 Å². The molecule has 0 atom stereocenters. The zero-order chi connectivity index (χ0) is 14.0. The van der Waals surface area contributed by atoms with Crippen LogP contribution < -0.4 is 0 Å². The number of carbonyl (C=O) groups is 2. The first kappa shape index (κ1) is 13.5. The van der Waals surface area contributed by atoms with Crippen molar-refractivity contribution in [2.24, 2.45) is 0 Å². The first-order chi connectivity index (χ1) is 8.89. The molecule has 6 nitrogen and oxygen atoms in total. The molecule has 0 unspecified atom stereocenters. The Morgan fingerprint density at radius 1 is 1.42 bits per heavy atom. The fraction of sp³-hybridized carbons (Fsp3) is 0.462. The van der Waals surface area contributed by atoms with E-state index in [1.165, 1.54) is 18.3 Å². The largest absolute Gasteiger partial charge is 0.478 e. The van der Waals surface area contributed by atoms with Crippen LogP contribution >= 0.6 is 0 Å². The third-order valence-corrected chi connectivity index (χ3v) is 2.94. The summed E-state index contributed by atoms with van der Waals surface area (Å²) in [7, 11) is 0. The molecule has 102 valence electrons. The van der Waals surface area contributed by atoms with E-state index in [1.54, 1.807) is 4.90 Å². The van der Waals surface area contributed by atoms with Crippen LogP contribution in [0.25, 0.3) is 0 Å². The molecule has 19 heavy (non-hydrogen) atoms.